The summed E-state index contributed by atoms with van der Waals surface area (Å²) in [5.74, 6) is 0.524. The fourth-order valence-corrected chi connectivity index (χ4v) is 5.80. The molecular weight excluding hydrogens is 435 g/mol. The number of piperazine rings is 1. The van der Waals surface area contributed by atoms with E-state index < -0.39 is 10.0 Å². The molecule has 0 saturated carbocycles. The van der Waals surface area contributed by atoms with Gasteiger partial charge in [0.2, 0.25) is 10.0 Å². The number of aryl methyl sites for hydroxylation is 2. The first kappa shape index (κ1) is 21.9. The van der Waals surface area contributed by atoms with Gasteiger partial charge in [0.05, 0.1) is 10.0 Å². The lowest BCUT2D eigenvalue weighted by molar-refractivity contribution is -0.134. The summed E-state index contributed by atoms with van der Waals surface area (Å²) in [5, 5.41) is 0.163. The van der Waals surface area contributed by atoms with Crippen molar-refractivity contribution in [1.29, 1.82) is 0 Å². The van der Waals surface area contributed by atoms with Crippen LogP contribution in [0.15, 0.2) is 41.3 Å². The topological polar surface area (TPSA) is 66.9 Å². The van der Waals surface area contributed by atoms with Crippen LogP contribution in [0.4, 0.5) is 0 Å². The fraction of sp³-hybridized carbons (Fsp3) is 0.350. The van der Waals surface area contributed by atoms with Gasteiger partial charge in [0.15, 0.2) is 6.61 Å². The van der Waals surface area contributed by atoms with Crippen LogP contribution in [-0.4, -0.2) is 56.3 Å². The monoisotopic (exact) mass is 456 g/mol. The number of nitrogens with zero attached hydrogens (tertiary/aromatic N) is 2. The number of ether oxygens (including phenoxy) is 1. The quantitative estimate of drug-likeness (QED) is 0.689. The highest BCUT2D eigenvalue weighted by Gasteiger charge is 2.33. The molecule has 2 aromatic rings. The molecule has 156 valence electrons. The fourth-order valence-electron chi connectivity index (χ4n) is 3.29. The molecule has 0 aromatic heterocycles. The van der Waals surface area contributed by atoms with E-state index in [0.717, 1.165) is 11.1 Å². The minimum absolute atomic E-state index is 0.0815. The van der Waals surface area contributed by atoms with Crippen LogP contribution in [-0.2, 0) is 14.8 Å². The molecule has 0 atom stereocenters. The number of hydrogen-bond donors (Lipinski definition) is 0. The second-order valence-electron chi connectivity index (χ2n) is 6.85. The van der Waals surface area contributed by atoms with Gasteiger partial charge in [0, 0.05) is 26.2 Å². The summed E-state index contributed by atoms with van der Waals surface area (Å²) in [6.07, 6.45) is 0. The third-order valence-corrected chi connectivity index (χ3v) is 7.71. The highest BCUT2D eigenvalue weighted by atomic mass is 35.5. The van der Waals surface area contributed by atoms with Crippen LogP contribution in [0.25, 0.3) is 0 Å². The Morgan fingerprint density at radius 3 is 2.03 bits per heavy atom. The Morgan fingerprint density at radius 2 is 1.48 bits per heavy atom. The third-order valence-electron chi connectivity index (χ3n) is 4.86. The van der Waals surface area contributed by atoms with Crippen molar-refractivity contribution in [2.24, 2.45) is 0 Å². The van der Waals surface area contributed by atoms with Crippen LogP contribution in [0.1, 0.15) is 11.1 Å². The van der Waals surface area contributed by atoms with Crippen LogP contribution < -0.4 is 4.74 Å². The molecule has 0 bridgehead atoms. The van der Waals surface area contributed by atoms with Gasteiger partial charge in [0.25, 0.3) is 5.91 Å². The summed E-state index contributed by atoms with van der Waals surface area (Å²) >= 11 is 12.1. The predicted octanol–water partition coefficient (Wildman–Crippen LogP) is 3.52. The molecule has 1 aliphatic heterocycles. The first-order chi connectivity index (χ1) is 13.7. The first-order valence-corrected chi connectivity index (χ1v) is 11.3. The average molecular weight is 457 g/mol. The second-order valence-corrected chi connectivity index (χ2v) is 9.53. The van der Waals surface area contributed by atoms with E-state index in [2.05, 4.69) is 0 Å². The van der Waals surface area contributed by atoms with Crippen molar-refractivity contribution < 1.29 is 17.9 Å². The molecule has 1 amide bonds. The number of para-hydroxylation sites is 1. The molecule has 1 heterocycles. The maximum absolute atomic E-state index is 12.9. The number of hydrogen-bond acceptors (Lipinski definition) is 4. The lowest BCUT2D eigenvalue weighted by atomic mass is 10.1. The molecular formula is C20H22Cl2N2O4S. The highest BCUT2D eigenvalue weighted by molar-refractivity contribution is 7.89. The summed E-state index contributed by atoms with van der Waals surface area (Å²) in [5.41, 5.74) is 1.93. The van der Waals surface area contributed by atoms with Gasteiger partial charge in [-0.25, -0.2) is 8.42 Å². The van der Waals surface area contributed by atoms with Gasteiger partial charge in [-0.05, 0) is 37.1 Å². The summed E-state index contributed by atoms with van der Waals surface area (Å²) < 4.78 is 32.9. The molecule has 0 spiro atoms. The first-order valence-electron chi connectivity index (χ1n) is 9.13. The Hall–Kier alpha value is -1.80. The van der Waals surface area contributed by atoms with E-state index in [4.69, 9.17) is 27.9 Å². The van der Waals surface area contributed by atoms with Crippen molar-refractivity contribution in [3.63, 3.8) is 0 Å². The molecule has 29 heavy (non-hydrogen) atoms. The van der Waals surface area contributed by atoms with E-state index in [1.165, 1.54) is 16.4 Å². The van der Waals surface area contributed by atoms with E-state index in [1.54, 1.807) is 11.0 Å². The Morgan fingerprint density at radius 1 is 0.966 bits per heavy atom. The minimum atomic E-state index is -3.84. The molecule has 0 unspecified atom stereocenters. The molecule has 3 rings (SSSR count). The zero-order valence-corrected chi connectivity index (χ0v) is 18.5. The van der Waals surface area contributed by atoms with Crippen molar-refractivity contribution in [2.45, 2.75) is 18.7 Å². The normalized spacial score (nSPS) is 15.4. The van der Waals surface area contributed by atoms with E-state index >= 15 is 0 Å². The van der Waals surface area contributed by atoms with E-state index in [9.17, 15) is 13.2 Å². The molecule has 6 nitrogen and oxygen atoms in total. The molecule has 0 N–H and O–H groups in total. The van der Waals surface area contributed by atoms with Crippen molar-refractivity contribution in [3.8, 4) is 5.75 Å². The molecule has 0 radical (unpaired) electrons. The number of halogens is 2. The number of carbonyl (C=O) groups is 1. The van der Waals surface area contributed by atoms with Crippen molar-refractivity contribution in [1.82, 2.24) is 9.21 Å². The van der Waals surface area contributed by atoms with Gasteiger partial charge in [0.1, 0.15) is 10.6 Å². The summed E-state index contributed by atoms with van der Waals surface area (Å²) in [4.78, 5) is 14.0. The number of amides is 1. The Bertz CT molecular complexity index is 979. The minimum Gasteiger partial charge on any atom is -0.483 e. The van der Waals surface area contributed by atoms with Crippen LogP contribution >= 0.6 is 23.2 Å². The molecule has 1 fully saturated rings. The maximum Gasteiger partial charge on any atom is 0.260 e. The van der Waals surface area contributed by atoms with Crippen molar-refractivity contribution in [2.75, 3.05) is 32.8 Å². The molecule has 0 aliphatic carbocycles. The molecule has 9 heteroatoms. The third kappa shape index (κ3) is 4.69. The number of carbonyl (C=O) groups excluding carboxylic acids is 1. The molecule has 1 aliphatic rings. The lowest BCUT2D eigenvalue weighted by Crippen LogP contribution is -2.51. The lowest BCUT2D eigenvalue weighted by Gasteiger charge is -2.34. The molecule has 2 aromatic carbocycles. The number of sulfonamides is 1. The summed E-state index contributed by atoms with van der Waals surface area (Å²) in [6.45, 7) is 4.64. The van der Waals surface area contributed by atoms with Crippen molar-refractivity contribution >= 4 is 39.1 Å². The average Bonchev–Trinajstić information content (AvgIpc) is 2.67. The SMILES string of the molecule is Cc1cccc(C)c1OCC(=O)N1CCN(S(=O)(=O)c2c(Cl)cccc2Cl)CC1. The summed E-state index contributed by atoms with van der Waals surface area (Å²) in [6, 6.07) is 10.4. The van der Waals surface area contributed by atoms with Gasteiger partial charge in [-0.15, -0.1) is 0 Å². The van der Waals surface area contributed by atoms with Crippen molar-refractivity contribution in [3.05, 3.63) is 57.6 Å². The zero-order chi connectivity index (χ0) is 21.2. The van der Waals surface area contributed by atoms with Gasteiger partial charge >= 0.3 is 0 Å². The largest absolute Gasteiger partial charge is 0.483 e. The maximum atomic E-state index is 12.9. The van der Waals surface area contributed by atoms with Crippen LogP contribution in [0, 0.1) is 13.8 Å². The van der Waals surface area contributed by atoms with Crippen LogP contribution in [0.2, 0.25) is 10.0 Å². The predicted molar refractivity (Wildman–Crippen MR) is 113 cm³/mol. The number of benzene rings is 2. The highest BCUT2D eigenvalue weighted by Crippen LogP contribution is 2.32. The van der Waals surface area contributed by atoms with Gasteiger partial charge in [-0.3, -0.25) is 4.79 Å². The zero-order valence-electron chi connectivity index (χ0n) is 16.2. The van der Waals surface area contributed by atoms with E-state index in [1.807, 2.05) is 32.0 Å². The Balaban J connectivity index is 1.62. The van der Waals surface area contributed by atoms with E-state index in [-0.39, 0.29) is 53.6 Å². The van der Waals surface area contributed by atoms with Gasteiger partial charge < -0.3 is 9.64 Å². The Kier molecular flexibility index (Phi) is 6.73. The van der Waals surface area contributed by atoms with Gasteiger partial charge in [-0.2, -0.15) is 4.31 Å². The van der Waals surface area contributed by atoms with Crippen LogP contribution in [0.3, 0.4) is 0 Å². The number of rotatable bonds is 5. The standard InChI is InChI=1S/C20H22Cl2N2O4S/c1-14-5-3-6-15(2)19(14)28-13-18(25)23-9-11-24(12-10-23)29(26,27)20-16(21)7-4-8-17(20)22/h3-8H,9-13H2,1-2H3. The second kappa shape index (κ2) is 8.92. The Labute approximate surface area is 181 Å². The van der Waals surface area contributed by atoms with Crippen LogP contribution in [0.5, 0.6) is 5.75 Å². The molecule has 1 saturated heterocycles. The summed E-state index contributed by atoms with van der Waals surface area (Å²) in [7, 11) is -3.84. The smallest absolute Gasteiger partial charge is 0.260 e. The van der Waals surface area contributed by atoms with Gasteiger partial charge in [-0.1, -0.05) is 47.5 Å². The van der Waals surface area contributed by atoms with E-state index in [0.29, 0.717) is 5.75 Å².